The van der Waals surface area contributed by atoms with Gasteiger partial charge in [0.15, 0.2) is 11.5 Å². The quantitative estimate of drug-likeness (QED) is 0.519. The Morgan fingerprint density at radius 1 is 0.938 bits per heavy atom. The van der Waals surface area contributed by atoms with Gasteiger partial charge in [-0.15, -0.1) is 0 Å². The van der Waals surface area contributed by atoms with Gasteiger partial charge in [0.25, 0.3) is 0 Å². The van der Waals surface area contributed by atoms with Crippen LogP contribution in [-0.2, 0) is 16.0 Å². The molecule has 0 aliphatic rings. The summed E-state index contributed by atoms with van der Waals surface area (Å²) in [7, 11) is 4.57. The Morgan fingerprint density at radius 2 is 1.53 bits per heavy atom. The molecular weight excluding hydrogens is 416 g/mol. The van der Waals surface area contributed by atoms with E-state index in [1.54, 1.807) is 36.4 Å². The Hall–Kier alpha value is -4.08. The van der Waals surface area contributed by atoms with E-state index in [4.69, 9.17) is 18.7 Å². The number of carbonyl (C=O) groups is 2. The highest BCUT2D eigenvalue weighted by atomic mass is 16.5. The van der Waals surface area contributed by atoms with Gasteiger partial charge in [0, 0.05) is 36.7 Å². The first-order chi connectivity index (χ1) is 15.4. The Kier molecular flexibility index (Phi) is 7.27. The molecule has 0 bridgehead atoms. The summed E-state index contributed by atoms with van der Waals surface area (Å²) in [4.78, 5) is 27.7. The normalized spacial score (nSPS) is 10.4. The van der Waals surface area contributed by atoms with Crippen molar-refractivity contribution >= 4 is 23.2 Å². The maximum absolute atomic E-state index is 12.2. The van der Waals surface area contributed by atoms with Gasteiger partial charge in [-0.25, -0.2) is 0 Å². The fourth-order valence-corrected chi connectivity index (χ4v) is 2.97. The fourth-order valence-electron chi connectivity index (χ4n) is 2.97. The molecule has 10 heteroatoms. The van der Waals surface area contributed by atoms with E-state index in [0.29, 0.717) is 45.9 Å². The van der Waals surface area contributed by atoms with Crippen molar-refractivity contribution in [2.24, 2.45) is 0 Å². The molecule has 0 spiro atoms. The first-order valence-corrected chi connectivity index (χ1v) is 9.74. The zero-order chi connectivity index (χ0) is 23.1. The van der Waals surface area contributed by atoms with Gasteiger partial charge in [0.1, 0.15) is 0 Å². The maximum Gasteiger partial charge on any atom is 0.227 e. The Bertz CT molecular complexity index is 1070. The fraction of sp³-hybridized carbons (Fsp3) is 0.273. The minimum Gasteiger partial charge on any atom is -0.493 e. The maximum atomic E-state index is 12.2. The molecule has 32 heavy (non-hydrogen) atoms. The number of hydrogen-bond acceptors (Lipinski definition) is 8. The number of carbonyl (C=O) groups excluding carboxylic acids is 2. The van der Waals surface area contributed by atoms with Crippen LogP contribution in [0.15, 0.2) is 40.9 Å². The van der Waals surface area contributed by atoms with E-state index in [1.165, 1.54) is 28.3 Å². The van der Waals surface area contributed by atoms with Crippen LogP contribution in [0.3, 0.4) is 0 Å². The first-order valence-electron chi connectivity index (χ1n) is 9.74. The third-order valence-corrected chi connectivity index (χ3v) is 4.45. The van der Waals surface area contributed by atoms with Crippen LogP contribution in [0.1, 0.15) is 19.2 Å². The minimum atomic E-state index is -0.204. The number of aryl methyl sites for hydroxylation is 1. The van der Waals surface area contributed by atoms with Crippen molar-refractivity contribution in [3.05, 3.63) is 42.3 Å². The number of hydrogen-bond donors (Lipinski definition) is 2. The molecule has 1 aromatic heterocycles. The summed E-state index contributed by atoms with van der Waals surface area (Å²) in [6.45, 7) is 1.43. The lowest BCUT2D eigenvalue weighted by Gasteiger charge is -2.12. The number of ether oxygens (including phenoxy) is 3. The number of benzene rings is 2. The number of nitrogens with one attached hydrogen (secondary N) is 2. The van der Waals surface area contributed by atoms with Crippen LogP contribution in [0, 0.1) is 0 Å². The highest BCUT2D eigenvalue weighted by Gasteiger charge is 2.17. The lowest BCUT2D eigenvalue weighted by Crippen LogP contribution is -2.12. The number of aromatic nitrogens is 2. The molecule has 0 fully saturated rings. The molecule has 0 unspecified atom stereocenters. The van der Waals surface area contributed by atoms with Crippen LogP contribution in [0.4, 0.5) is 11.4 Å². The van der Waals surface area contributed by atoms with Crippen molar-refractivity contribution in [1.82, 2.24) is 10.1 Å². The second kappa shape index (κ2) is 10.3. The van der Waals surface area contributed by atoms with E-state index in [-0.39, 0.29) is 24.7 Å². The summed E-state index contributed by atoms with van der Waals surface area (Å²) in [5, 5.41) is 9.44. The van der Waals surface area contributed by atoms with Crippen LogP contribution in [0.2, 0.25) is 0 Å². The van der Waals surface area contributed by atoms with E-state index in [0.717, 1.165) is 0 Å². The molecule has 0 aliphatic carbocycles. The van der Waals surface area contributed by atoms with Crippen molar-refractivity contribution in [3.63, 3.8) is 0 Å². The van der Waals surface area contributed by atoms with E-state index in [2.05, 4.69) is 20.8 Å². The van der Waals surface area contributed by atoms with Crippen molar-refractivity contribution in [2.45, 2.75) is 19.8 Å². The van der Waals surface area contributed by atoms with Gasteiger partial charge < -0.3 is 29.4 Å². The molecule has 0 atom stereocenters. The second-order valence-electron chi connectivity index (χ2n) is 6.73. The van der Waals surface area contributed by atoms with E-state index < -0.39 is 0 Å². The molecular formula is C22H24N4O6. The van der Waals surface area contributed by atoms with Crippen LogP contribution < -0.4 is 24.8 Å². The molecule has 2 N–H and O–H groups in total. The van der Waals surface area contributed by atoms with Crippen molar-refractivity contribution in [1.29, 1.82) is 0 Å². The van der Waals surface area contributed by atoms with E-state index in [1.807, 2.05) is 0 Å². The lowest BCUT2D eigenvalue weighted by atomic mass is 10.1. The smallest absolute Gasteiger partial charge is 0.227 e. The number of methoxy groups -OCH3 is 3. The van der Waals surface area contributed by atoms with E-state index in [9.17, 15) is 9.59 Å². The van der Waals surface area contributed by atoms with Crippen LogP contribution in [0.25, 0.3) is 11.4 Å². The Labute approximate surface area is 184 Å². The molecule has 2 aromatic carbocycles. The zero-order valence-electron chi connectivity index (χ0n) is 18.2. The van der Waals surface area contributed by atoms with Gasteiger partial charge in [-0.1, -0.05) is 5.16 Å². The lowest BCUT2D eigenvalue weighted by molar-refractivity contribution is -0.116. The third-order valence-electron chi connectivity index (χ3n) is 4.45. The summed E-state index contributed by atoms with van der Waals surface area (Å²) >= 11 is 0. The molecule has 2 amide bonds. The monoisotopic (exact) mass is 440 g/mol. The molecule has 0 saturated heterocycles. The standard InChI is InChI=1S/C22H24N4O6/c1-13(27)23-15-5-7-16(8-6-15)24-19(28)9-10-20-25-22(26-32-20)14-11-17(29-2)21(31-4)18(12-14)30-3/h5-8,11-12H,9-10H2,1-4H3,(H,23,27)(H,24,28). The van der Waals surface area contributed by atoms with Gasteiger partial charge in [-0.2, -0.15) is 4.98 Å². The Morgan fingerprint density at radius 3 is 2.06 bits per heavy atom. The SMILES string of the molecule is COc1cc(-c2noc(CCC(=O)Nc3ccc(NC(C)=O)cc3)n2)cc(OC)c1OC. The third kappa shape index (κ3) is 5.54. The Balaban J connectivity index is 1.62. The van der Waals surface area contributed by atoms with Gasteiger partial charge in [-0.3, -0.25) is 9.59 Å². The molecule has 0 radical (unpaired) electrons. The summed E-state index contributed by atoms with van der Waals surface area (Å²) < 4.78 is 21.3. The summed E-state index contributed by atoms with van der Waals surface area (Å²) in [5.41, 5.74) is 1.90. The van der Waals surface area contributed by atoms with Crippen LogP contribution in [-0.4, -0.2) is 43.3 Å². The van der Waals surface area contributed by atoms with Gasteiger partial charge >= 0.3 is 0 Å². The highest BCUT2D eigenvalue weighted by molar-refractivity contribution is 5.92. The molecule has 3 aromatic rings. The van der Waals surface area contributed by atoms with Gasteiger partial charge in [0.05, 0.1) is 21.3 Å². The largest absolute Gasteiger partial charge is 0.493 e. The molecule has 0 saturated carbocycles. The molecule has 1 heterocycles. The number of nitrogens with zero attached hydrogens (tertiary/aromatic N) is 2. The molecule has 168 valence electrons. The minimum absolute atomic E-state index is 0.157. The molecule has 3 rings (SSSR count). The zero-order valence-corrected chi connectivity index (χ0v) is 18.2. The summed E-state index contributed by atoms with van der Waals surface area (Å²) in [6, 6.07) is 10.3. The van der Waals surface area contributed by atoms with Gasteiger partial charge in [-0.05, 0) is 36.4 Å². The first kappa shape index (κ1) is 22.6. The topological polar surface area (TPSA) is 125 Å². The van der Waals surface area contributed by atoms with Crippen molar-refractivity contribution in [3.8, 4) is 28.6 Å². The molecule has 0 aliphatic heterocycles. The average molecular weight is 440 g/mol. The second-order valence-corrected chi connectivity index (χ2v) is 6.73. The summed E-state index contributed by atoms with van der Waals surface area (Å²) in [5.74, 6) is 1.70. The average Bonchev–Trinajstić information content (AvgIpc) is 3.26. The predicted octanol–water partition coefficient (Wildman–Crippen LogP) is 3.29. The van der Waals surface area contributed by atoms with E-state index >= 15 is 0 Å². The van der Waals surface area contributed by atoms with Crippen molar-refractivity contribution < 1.29 is 28.3 Å². The predicted molar refractivity (Wildman–Crippen MR) is 117 cm³/mol. The van der Waals surface area contributed by atoms with Crippen LogP contribution in [0.5, 0.6) is 17.2 Å². The number of anilines is 2. The number of amides is 2. The van der Waals surface area contributed by atoms with Crippen LogP contribution >= 0.6 is 0 Å². The summed E-state index contributed by atoms with van der Waals surface area (Å²) in [6.07, 6.45) is 0.428. The highest BCUT2D eigenvalue weighted by Crippen LogP contribution is 2.40. The number of rotatable bonds is 9. The van der Waals surface area contributed by atoms with Crippen molar-refractivity contribution in [2.75, 3.05) is 32.0 Å². The van der Waals surface area contributed by atoms with Gasteiger partial charge in [0.2, 0.25) is 29.3 Å². The molecule has 10 nitrogen and oxygen atoms in total.